The molecule has 0 bridgehead atoms. The van der Waals surface area contributed by atoms with Crippen molar-refractivity contribution in [2.24, 2.45) is 0 Å². The quantitative estimate of drug-likeness (QED) is 0.610. The predicted molar refractivity (Wildman–Crippen MR) is 110 cm³/mol. The molecule has 2 aromatic rings. The van der Waals surface area contributed by atoms with E-state index in [0.717, 1.165) is 38.3 Å². The van der Waals surface area contributed by atoms with Gasteiger partial charge < -0.3 is 20.4 Å². The number of carbonyl (C=O) groups is 2. The van der Waals surface area contributed by atoms with E-state index < -0.39 is 11.9 Å². The van der Waals surface area contributed by atoms with Crippen LogP contribution in [0.15, 0.2) is 53.1 Å². The average molecular weight is 407 g/mol. The van der Waals surface area contributed by atoms with Crippen LogP contribution in [0.4, 0.5) is 0 Å². The lowest BCUT2D eigenvalue weighted by Crippen LogP contribution is -2.50. The molecule has 1 unspecified atom stereocenters. The molecule has 152 valence electrons. The monoisotopic (exact) mass is 406 g/mol. The van der Waals surface area contributed by atoms with Crippen molar-refractivity contribution >= 4 is 24.2 Å². The van der Waals surface area contributed by atoms with Crippen molar-refractivity contribution in [3.05, 3.63) is 60.1 Å². The fraction of sp³-hybridized carbons (Fsp3) is 0.400. The van der Waals surface area contributed by atoms with Crippen LogP contribution in [-0.2, 0) is 11.2 Å². The molecule has 1 aliphatic heterocycles. The first-order valence-corrected chi connectivity index (χ1v) is 9.31. The predicted octanol–water partition coefficient (Wildman–Crippen LogP) is 1.06. The van der Waals surface area contributed by atoms with Crippen LogP contribution in [0.2, 0.25) is 0 Å². The highest BCUT2D eigenvalue weighted by atomic mass is 35.5. The van der Waals surface area contributed by atoms with Gasteiger partial charge in [-0.15, -0.1) is 12.4 Å². The molecule has 28 heavy (non-hydrogen) atoms. The Balaban J connectivity index is 0.00000280. The fourth-order valence-electron chi connectivity index (χ4n) is 3.09. The van der Waals surface area contributed by atoms with Gasteiger partial charge in [-0.1, -0.05) is 30.3 Å². The first-order valence-electron chi connectivity index (χ1n) is 9.31. The second-order valence-electron chi connectivity index (χ2n) is 6.58. The zero-order valence-electron chi connectivity index (χ0n) is 15.7. The third-order valence-electron chi connectivity index (χ3n) is 4.59. The summed E-state index contributed by atoms with van der Waals surface area (Å²) in [7, 11) is 0. The van der Waals surface area contributed by atoms with Crippen molar-refractivity contribution in [1.82, 2.24) is 20.9 Å². The van der Waals surface area contributed by atoms with Crippen molar-refractivity contribution in [3.63, 3.8) is 0 Å². The Hall–Kier alpha value is -2.35. The summed E-state index contributed by atoms with van der Waals surface area (Å²) in [6.45, 7) is 5.28. The van der Waals surface area contributed by atoms with Gasteiger partial charge in [-0.05, 0) is 17.7 Å². The molecule has 1 saturated heterocycles. The van der Waals surface area contributed by atoms with Gasteiger partial charge in [-0.3, -0.25) is 14.5 Å². The van der Waals surface area contributed by atoms with Crippen molar-refractivity contribution in [2.75, 3.05) is 39.3 Å². The average Bonchev–Trinajstić information content (AvgIpc) is 3.24. The molecule has 2 heterocycles. The molecule has 3 N–H and O–H groups in total. The molecular formula is C20H27ClN4O3. The summed E-state index contributed by atoms with van der Waals surface area (Å²) in [5.74, 6) is -0.381. The van der Waals surface area contributed by atoms with Crippen LogP contribution in [0.5, 0.6) is 0 Å². The second-order valence-corrected chi connectivity index (χ2v) is 6.58. The van der Waals surface area contributed by atoms with Gasteiger partial charge in [0.25, 0.3) is 5.91 Å². The number of amides is 2. The summed E-state index contributed by atoms with van der Waals surface area (Å²) in [6, 6.07) is 12.2. The number of nitrogens with zero attached hydrogens (tertiary/aromatic N) is 1. The first-order chi connectivity index (χ1) is 13.2. The van der Waals surface area contributed by atoms with Gasteiger partial charge in [-0.2, -0.15) is 0 Å². The van der Waals surface area contributed by atoms with Crippen LogP contribution < -0.4 is 16.0 Å². The molecule has 1 aromatic heterocycles. The minimum Gasteiger partial charge on any atom is -0.459 e. The number of carbonyl (C=O) groups excluding carboxylic acids is 2. The lowest BCUT2D eigenvalue weighted by atomic mass is 10.1. The Labute approximate surface area is 171 Å². The second kappa shape index (κ2) is 11.5. The zero-order chi connectivity index (χ0) is 18.9. The van der Waals surface area contributed by atoms with Crippen molar-refractivity contribution in [1.29, 1.82) is 0 Å². The van der Waals surface area contributed by atoms with E-state index in [2.05, 4.69) is 20.9 Å². The number of piperazine rings is 1. The Morgan fingerprint density at radius 2 is 1.86 bits per heavy atom. The number of hydrogen-bond donors (Lipinski definition) is 3. The van der Waals surface area contributed by atoms with Crippen LogP contribution in [-0.4, -0.2) is 62.0 Å². The molecule has 2 amide bonds. The molecule has 0 radical (unpaired) electrons. The van der Waals surface area contributed by atoms with E-state index in [1.807, 2.05) is 30.3 Å². The Morgan fingerprint density at radius 3 is 2.54 bits per heavy atom. The van der Waals surface area contributed by atoms with Crippen molar-refractivity contribution in [3.8, 4) is 0 Å². The van der Waals surface area contributed by atoms with Gasteiger partial charge in [0.15, 0.2) is 5.76 Å². The Morgan fingerprint density at radius 1 is 1.11 bits per heavy atom. The molecule has 7 nitrogen and oxygen atoms in total. The van der Waals surface area contributed by atoms with E-state index in [0.29, 0.717) is 13.0 Å². The first kappa shape index (κ1) is 21.9. The summed E-state index contributed by atoms with van der Waals surface area (Å²) in [6.07, 6.45) is 1.86. The summed E-state index contributed by atoms with van der Waals surface area (Å²) in [5, 5.41) is 9.05. The highest BCUT2D eigenvalue weighted by Gasteiger charge is 2.23. The molecule has 0 saturated carbocycles. The maximum atomic E-state index is 12.7. The fourth-order valence-corrected chi connectivity index (χ4v) is 3.09. The van der Waals surface area contributed by atoms with Gasteiger partial charge in [-0.25, -0.2) is 0 Å². The smallest absolute Gasteiger partial charge is 0.287 e. The third kappa shape index (κ3) is 6.67. The van der Waals surface area contributed by atoms with Gasteiger partial charge in [0.1, 0.15) is 6.04 Å². The van der Waals surface area contributed by atoms with Crippen LogP contribution in [0.25, 0.3) is 0 Å². The number of halogens is 1. The van der Waals surface area contributed by atoms with Gasteiger partial charge in [0.05, 0.1) is 6.26 Å². The van der Waals surface area contributed by atoms with Gasteiger partial charge in [0, 0.05) is 45.7 Å². The molecule has 8 heteroatoms. The minimum absolute atomic E-state index is 0. The maximum Gasteiger partial charge on any atom is 0.287 e. The largest absolute Gasteiger partial charge is 0.459 e. The lowest BCUT2D eigenvalue weighted by molar-refractivity contribution is -0.123. The maximum absolute atomic E-state index is 12.7. The number of hydrogen-bond acceptors (Lipinski definition) is 5. The highest BCUT2D eigenvalue weighted by Crippen LogP contribution is 2.06. The minimum atomic E-state index is -0.659. The normalized spacial score (nSPS) is 15.3. The zero-order valence-corrected chi connectivity index (χ0v) is 16.5. The molecule has 1 atom stereocenters. The highest BCUT2D eigenvalue weighted by molar-refractivity contribution is 5.95. The SMILES string of the molecule is Cl.O=C(NC(Cc1ccccc1)C(=O)NCCN1CCNCC1)c1ccco1. The number of rotatable bonds is 8. The molecule has 0 spiro atoms. The van der Waals surface area contributed by atoms with E-state index >= 15 is 0 Å². The topological polar surface area (TPSA) is 86.6 Å². The molecular weight excluding hydrogens is 380 g/mol. The van der Waals surface area contributed by atoms with Crippen LogP contribution in [0, 0.1) is 0 Å². The lowest BCUT2D eigenvalue weighted by Gasteiger charge is -2.27. The summed E-state index contributed by atoms with van der Waals surface area (Å²) in [5.41, 5.74) is 0.986. The summed E-state index contributed by atoms with van der Waals surface area (Å²) in [4.78, 5) is 27.3. The van der Waals surface area contributed by atoms with E-state index in [1.54, 1.807) is 12.1 Å². The van der Waals surface area contributed by atoms with Crippen LogP contribution >= 0.6 is 12.4 Å². The standard InChI is InChI=1S/C20H26N4O3.ClH/c25-19(22-10-13-24-11-8-21-9-12-24)17(15-16-5-2-1-3-6-16)23-20(26)18-7-4-14-27-18;/h1-7,14,17,21H,8-13,15H2,(H,22,25)(H,23,26);1H. The van der Waals surface area contributed by atoms with E-state index in [4.69, 9.17) is 4.42 Å². The van der Waals surface area contributed by atoms with Crippen molar-refractivity contribution < 1.29 is 14.0 Å². The van der Waals surface area contributed by atoms with Crippen molar-refractivity contribution in [2.45, 2.75) is 12.5 Å². The van der Waals surface area contributed by atoms with Crippen LogP contribution in [0.3, 0.4) is 0 Å². The number of benzene rings is 1. The molecule has 0 aliphatic carbocycles. The van der Waals surface area contributed by atoms with E-state index in [1.165, 1.54) is 6.26 Å². The number of nitrogens with one attached hydrogen (secondary N) is 3. The number of furan rings is 1. The Bertz CT molecular complexity index is 718. The molecule has 1 aliphatic rings. The summed E-state index contributed by atoms with van der Waals surface area (Å²) < 4.78 is 5.13. The van der Waals surface area contributed by atoms with Crippen LogP contribution in [0.1, 0.15) is 16.1 Å². The van der Waals surface area contributed by atoms with E-state index in [-0.39, 0.29) is 24.1 Å². The third-order valence-corrected chi connectivity index (χ3v) is 4.59. The Kier molecular flexibility index (Phi) is 9.00. The molecule has 1 fully saturated rings. The molecule has 3 rings (SSSR count). The summed E-state index contributed by atoms with van der Waals surface area (Å²) >= 11 is 0. The molecule has 1 aromatic carbocycles. The van der Waals surface area contributed by atoms with E-state index in [9.17, 15) is 9.59 Å². The van der Waals surface area contributed by atoms with Gasteiger partial charge in [0.2, 0.25) is 5.91 Å². The van der Waals surface area contributed by atoms with Gasteiger partial charge >= 0.3 is 0 Å².